The molecular weight excluding hydrogens is 394 g/mol. The van der Waals surface area contributed by atoms with Crippen LogP contribution in [-0.2, 0) is 24.0 Å². The van der Waals surface area contributed by atoms with E-state index in [1.807, 2.05) is 13.8 Å². The number of carbonyl (C=O) groups is 5. The van der Waals surface area contributed by atoms with Gasteiger partial charge in [-0.25, -0.2) is 4.79 Å². The summed E-state index contributed by atoms with van der Waals surface area (Å²) in [5.41, 5.74) is 5.01. The molecule has 170 valence electrons. The van der Waals surface area contributed by atoms with Crippen molar-refractivity contribution in [3.63, 3.8) is 0 Å². The van der Waals surface area contributed by atoms with Crippen LogP contribution in [0, 0.1) is 5.92 Å². The number of amides is 4. The van der Waals surface area contributed by atoms with E-state index in [0.29, 0.717) is 12.8 Å². The van der Waals surface area contributed by atoms with Crippen molar-refractivity contribution in [2.75, 3.05) is 6.54 Å². The lowest BCUT2D eigenvalue weighted by atomic mass is 10.0. The van der Waals surface area contributed by atoms with Gasteiger partial charge in [-0.2, -0.15) is 0 Å². The van der Waals surface area contributed by atoms with E-state index >= 15 is 0 Å². The predicted molar refractivity (Wildman–Crippen MR) is 108 cm³/mol. The first kappa shape index (κ1) is 25.3. The molecule has 1 aliphatic rings. The quantitative estimate of drug-likeness (QED) is 0.222. The summed E-state index contributed by atoms with van der Waals surface area (Å²) in [7, 11) is 0. The van der Waals surface area contributed by atoms with Crippen molar-refractivity contribution in [2.45, 2.75) is 77.0 Å². The van der Waals surface area contributed by atoms with E-state index in [1.54, 1.807) is 0 Å². The van der Waals surface area contributed by atoms with Gasteiger partial charge in [-0.3, -0.25) is 19.2 Å². The Bertz CT molecular complexity index is 647. The smallest absolute Gasteiger partial charge is 0.326 e. The van der Waals surface area contributed by atoms with Gasteiger partial charge in [-0.05, 0) is 45.1 Å². The highest BCUT2D eigenvalue weighted by atomic mass is 16.4. The number of carbonyl (C=O) groups excluding carboxylic acids is 4. The van der Waals surface area contributed by atoms with Crippen LogP contribution in [0.15, 0.2) is 0 Å². The maximum atomic E-state index is 12.7. The third-order valence-electron chi connectivity index (χ3n) is 4.76. The topological polar surface area (TPSA) is 180 Å². The number of carboxylic acids is 1. The van der Waals surface area contributed by atoms with Gasteiger partial charge in [0.15, 0.2) is 0 Å². The molecule has 4 amide bonds. The number of aliphatic carboxylic acids is 1. The lowest BCUT2D eigenvalue weighted by molar-refractivity contribution is -0.142. The van der Waals surface area contributed by atoms with Crippen molar-refractivity contribution in [3.05, 3.63) is 0 Å². The molecular formula is C19H33N5O6. The number of rotatable bonds is 12. The fraction of sp³-hybridized carbons (Fsp3) is 0.737. The standard InChI is InChI=1S/C19H33N5O6/c1-10(2)9-14(24-17(27)12-5-4-8-21-12)18(28)22-11(3)16(26)23-13(19(29)30)6-7-15(20)25/h10-14,21H,4-9H2,1-3H3,(H2,20,25)(H,22,28)(H,23,26)(H,24,27)(H,29,30). The third kappa shape index (κ3) is 8.76. The number of primary amides is 1. The Labute approximate surface area is 175 Å². The number of hydrogen-bond donors (Lipinski definition) is 6. The molecule has 1 aliphatic heterocycles. The molecule has 4 unspecified atom stereocenters. The Morgan fingerprint density at radius 3 is 2.20 bits per heavy atom. The zero-order valence-corrected chi connectivity index (χ0v) is 17.7. The van der Waals surface area contributed by atoms with Gasteiger partial charge in [-0.15, -0.1) is 0 Å². The van der Waals surface area contributed by atoms with E-state index in [1.165, 1.54) is 6.92 Å². The van der Waals surface area contributed by atoms with Gasteiger partial charge in [0, 0.05) is 6.42 Å². The van der Waals surface area contributed by atoms with Crippen LogP contribution in [0.4, 0.5) is 0 Å². The molecule has 0 aromatic heterocycles. The molecule has 1 heterocycles. The largest absolute Gasteiger partial charge is 0.480 e. The van der Waals surface area contributed by atoms with Crippen LogP contribution >= 0.6 is 0 Å². The number of nitrogens with two attached hydrogens (primary N) is 1. The highest BCUT2D eigenvalue weighted by Gasteiger charge is 2.30. The third-order valence-corrected chi connectivity index (χ3v) is 4.76. The fourth-order valence-electron chi connectivity index (χ4n) is 3.10. The van der Waals surface area contributed by atoms with E-state index in [2.05, 4.69) is 21.3 Å². The second kappa shape index (κ2) is 12.1. The van der Waals surface area contributed by atoms with Crippen LogP contribution in [0.5, 0.6) is 0 Å². The van der Waals surface area contributed by atoms with Crippen LogP contribution in [0.25, 0.3) is 0 Å². The van der Waals surface area contributed by atoms with Crippen LogP contribution in [0.2, 0.25) is 0 Å². The molecule has 0 saturated carbocycles. The van der Waals surface area contributed by atoms with Crippen LogP contribution in [0.3, 0.4) is 0 Å². The molecule has 30 heavy (non-hydrogen) atoms. The Balaban J connectivity index is 2.68. The maximum Gasteiger partial charge on any atom is 0.326 e. The molecule has 0 radical (unpaired) electrons. The van der Waals surface area contributed by atoms with Crippen molar-refractivity contribution in [1.29, 1.82) is 0 Å². The average Bonchev–Trinajstić information content (AvgIpc) is 3.18. The molecule has 4 atom stereocenters. The van der Waals surface area contributed by atoms with Crippen molar-refractivity contribution in [1.82, 2.24) is 21.3 Å². The Hall–Kier alpha value is -2.69. The summed E-state index contributed by atoms with van der Waals surface area (Å²) in [6.07, 6.45) is 1.61. The molecule has 11 nitrogen and oxygen atoms in total. The summed E-state index contributed by atoms with van der Waals surface area (Å²) in [6, 6.07) is -3.50. The van der Waals surface area contributed by atoms with Gasteiger partial charge in [-0.1, -0.05) is 13.8 Å². The van der Waals surface area contributed by atoms with Crippen LogP contribution < -0.4 is 27.0 Å². The SMILES string of the molecule is CC(C)CC(NC(=O)C1CCCN1)C(=O)NC(C)C(=O)NC(CCC(N)=O)C(=O)O. The summed E-state index contributed by atoms with van der Waals surface area (Å²) in [4.78, 5) is 59.5. The zero-order chi connectivity index (χ0) is 22.8. The fourth-order valence-corrected chi connectivity index (χ4v) is 3.10. The van der Waals surface area contributed by atoms with Crippen molar-refractivity contribution >= 4 is 29.6 Å². The summed E-state index contributed by atoms with van der Waals surface area (Å²) >= 11 is 0. The average molecular weight is 428 g/mol. The number of nitrogens with one attached hydrogen (secondary N) is 4. The summed E-state index contributed by atoms with van der Waals surface area (Å²) in [5, 5.41) is 19.8. The molecule has 0 aliphatic carbocycles. The first-order valence-corrected chi connectivity index (χ1v) is 10.2. The van der Waals surface area contributed by atoms with E-state index in [0.717, 1.165) is 13.0 Å². The van der Waals surface area contributed by atoms with Gasteiger partial charge < -0.3 is 32.1 Å². The molecule has 1 fully saturated rings. The molecule has 0 spiro atoms. The minimum atomic E-state index is -1.31. The predicted octanol–water partition coefficient (Wildman–Crippen LogP) is -1.39. The van der Waals surface area contributed by atoms with E-state index in [4.69, 9.17) is 5.73 Å². The highest BCUT2D eigenvalue weighted by Crippen LogP contribution is 2.09. The molecule has 0 bridgehead atoms. The molecule has 1 rings (SSSR count). The van der Waals surface area contributed by atoms with Gasteiger partial charge in [0.25, 0.3) is 0 Å². The first-order valence-electron chi connectivity index (χ1n) is 10.2. The van der Waals surface area contributed by atoms with Gasteiger partial charge in [0.1, 0.15) is 18.1 Å². The Morgan fingerprint density at radius 2 is 1.70 bits per heavy atom. The van der Waals surface area contributed by atoms with Crippen molar-refractivity contribution < 1.29 is 29.1 Å². The van der Waals surface area contributed by atoms with Gasteiger partial charge in [0.2, 0.25) is 23.6 Å². The van der Waals surface area contributed by atoms with Crippen LogP contribution in [-0.4, -0.2) is 65.4 Å². The van der Waals surface area contributed by atoms with Crippen molar-refractivity contribution in [2.24, 2.45) is 11.7 Å². The molecule has 1 saturated heterocycles. The summed E-state index contributed by atoms with van der Waals surface area (Å²) in [6.45, 7) is 5.98. The molecule has 0 aromatic carbocycles. The lowest BCUT2D eigenvalue weighted by Crippen LogP contribution is -2.56. The first-order chi connectivity index (χ1) is 14.0. The van der Waals surface area contributed by atoms with Gasteiger partial charge >= 0.3 is 5.97 Å². The maximum absolute atomic E-state index is 12.7. The summed E-state index contributed by atoms with van der Waals surface area (Å²) < 4.78 is 0. The Kier molecular flexibility index (Phi) is 10.2. The second-order valence-corrected chi connectivity index (χ2v) is 7.97. The minimum absolute atomic E-state index is 0.118. The molecule has 7 N–H and O–H groups in total. The summed E-state index contributed by atoms with van der Waals surface area (Å²) in [5.74, 6) is -3.37. The molecule has 11 heteroatoms. The van der Waals surface area contributed by atoms with E-state index in [9.17, 15) is 29.1 Å². The number of carboxylic acid groups (broad SMARTS) is 1. The highest BCUT2D eigenvalue weighted by molar-refractivity contribution is 5.94. The van der Waals surface area contributed by atoms with Gasteiger partial charge in [0.05, 0.1) is 6.04 Å². The molecule has 0 aromatic rings. The lowest BCUT2D eigenvalue weighted by Gasteiger charge is -2.24. The van der Waals surface area contributed by atoms with E-state index in [-0.39, 0.29) is 30.7 Å². The minimum Gasteiger partial charge on any atom is -0.480 e. The number of hydrogen-bond acceptors (Lipinski definition) is 6. The van der Waals surface area contributed by atoms with Crippen LogP contribution in [0.1, 0.15) is 52.9 Å². The van der Waals surface area contributed by atoms with E-state index < -0.39 is 41.8 Å². The Morgan fingerprint density at radius 1 is 1.03 bits per heavy atom. The normalized spacial score (nSPS) is 18.9. The zero-order valence-electron chi connectivity index (χ0n) is 17.7. The monoisotopic (exact) mass is 427 g/mol. The van der Waals surface area contributed by atoms with Crippen molar-refractivity contribution in [3.8, 4) is 0 Å². The second-order valence-electron chi connectivity index (χ2n) is 7.97.